The molecule has 0 aliphatic carbocycles. The van der Waals surface area contributed by atoms with Crippen LogP contribution in [0.2, 0.25) is 0 Å². The highest BCUT2D eigenvalue weighted by Crippen LogP contribution is 1.95. The first-order valence-electron chi connectivity index (χ1n) is 2.58. The Labute approximate surface area is 53.4 Å². The lowest BCUT2D eigenvalue weighted by atomic mass is 10.5. The van der Waals surface area contributed by atoms with E-state index in [9.17, 15) is 0 Å². The van der Waals surface area contributed by atoms with Crippen molar-refractivity contribution in [3.63, 3.8) is 0 Å². The van der Waals surface area contributed by atoms with E-state index >= 15 is 0 Å². The zero-order valence-corrected chi connectivity index (χ0v) is 4.91. The Bertz CT molecular complexity index is 183. The van der Waals surface area contributed by atoms with Crippen LogP contribution >= 0.6 is 0 Å². The molecule has 0 aromatic carbocycles. The van der Waals surface area contributed by atoms with Crippen LogP contribution in [0.25, 0.3) is 0 Å². The summed E-state index contributed by atoms with van der Waals surface area (Å²) >= 11 is 0. The largest absolute Gasteiger partial charge is 0.346 e. The molecule has 9 heavy (non-hydrogen) atoms. The van der Waals surface area contributed by atoms with Crippen LogP contribution in [0.1, 0.15) is 0 Å². The summed E-state index contributed by atoms with van der Waals surface area (Å²) in [6.45, 7) is 3.48. The second kappa shape index (κ2) is 2.81. The average molecular weight is 121 g/mol. The minimum Gasteiger partial charge on any atom is -0.346 e. The predicted octanol–water partition coefficient (Wildman–Crippen LogP) is 1.03. The third-order valence-corrected chi connectivity index (χ3v) is 0.822. The number of nitrogens with zero attached hydrogens (tertiary/aromatic N) is 2. The van der Waals surface area contributed by atoms with Crippen molar-refractivity contribution in [1.29, 1.82) is 0 Å². The van der Waals surface area contributed by atoms with E-state index in [0.717, 1.165) is 0 Å². The molecule has 0 bridgehead atoms. The van der Waals surface area contributed by atoms with Crippen molar-refractivity contribution < 1.29 is 0 Å². The molecular formula is C6H7N3. The van der Waals surface area contributed by atoms with E-state index in [4.69, 9.17) is 0 Å². The van der Waals surface area contributed by atoms with Gasteiger partial charge in [-0.1, -0.05) is 6.58 Å². The summed E-state index contributed by atoms with van der Waals surface area (Å²) in [7, 11) is 0. The first-order valence-corrected chi connectivity index (χ1v) is 2.58. The molecule has 0 amide bonds. The fourth-order valence-corrected chi connectivity index (χ4v) is 0.483. The molecule has 0 saturated carbocycles. The van der Waals surface area contributed by atoms with Gasteiger partial charge < -0.3 is 5.32 Å². The first-order chi connectivity index (χ1) is 4.43. The second-order valence-electron chi connectivity index (χ2n) is 1.46. The van der Waals surface area contributed by atoms with Gasteiger partial charge in [0.1, 0.15) is 0 Å². The molecule has 1 aromatic heterocycles. The fraction of sp³-hybridized carbons (Fsp3) is 0. The van der Waals surface area contributed by atoms with Gasteiger partial charge in [-0.05, 0) is 18.3 Å². The van der Waals surface area contributed by atoms with E-state index in [1.54, 1.807) is 18.5 Å². The summed E-state index contributed by atoms with van der Waals surface area (Å²) in [5, 5.41) is 10.2. The highest BCUT2D eigenvalue weighted by molar-refractivity contribution is 5.34. The van der Waals surface area contributed by atoms with Gasteiger partial charge in [0.15, 0.2) is 5.82 Å². The van der Waals surface area contributed by atoms with Crippen LogP contribution < -0.4 is 5.32 Å². The number of hydrogen-bond acceptors (Lipinski definition) is 3. The van der Waals surface area contributed by atoms with Gasteiger partial charge in [-0.3, -0.25) is 0 Å². The summed E-state index contributed by atoms with van der Waals surface area (Å²) in [5.74, 6) is 0.715. The van der Waals surface area contributed by atoms with Crippen molar-refractivity contribution in [2.75, 3.05) is 5.32 Å². The van der Waals surface area contributed by atoms with Gasteiger partial charge in [-0.15, -0.1) is 5.10 Å². The fourth-order valence-electron chi connectivity index (χ4n) is 0.483. The van der Waals surface area contributed by atoms with Gasteiger partial charge in [0, 0.05) is 6.20 Å². The Balaban J connectivity index is 2.72. The second-order valence-corrected chi connectivity index (χ2v) is 1.46. The maximum absolute atomic E-state index is 3.74. The van der Waals surface area contributed by atoms with Gasteiger partial charge in [-0.25, -0.2) is 0 Å². The molecule has 3 nitrogen and oxygen atoms in total. The van der Waals surface area contributed by atoms with E-state index in [1.807, 2.05) is 6.07 Å². The summed E-state index contributed by atoms with van der Waals surface area (Å²) in [6.07, 6.45) is 3.18. The van der Waals surface area contributed by atoms with E-state index in [0.29, 0.717) is 5.82 Å². The normalized spacial score (nSPS) is 8.44. The van der Waals surface area contributed by atoms with Crippen LogP contribution in [-0.4, -0.2) is 10.2 Å². The van der Waals surface area contributed by atoms with E-state index < -0.39 is 0 Å². The molecular weight excluding hydrogens is 114 g/mol. The molecule has 3 heteroatoms. The lowest BCUT2D eigenvalue weighted by Crippen LogP contribution is -1.90. The quantitative estimate of drug-likeness (QED) is 0.635. The highest BCUT2D eigenvalue weighted by Gasteiger charge is 1.82. The van der Waals surface area contributed by atoms with Crippen molar-refractivity contribution in [1.82, 2.24) is 10.2 Å². The standard InChI is InChI=1S/C6H7N3/c1-2-7-6-4-3-5-8-9-6/h2-5H,1H2,(H,7,9). The van der Waals surface area contributed by atoms with E-state index in [1.165, 1.54) is 0 Å². The summed E-state index contributed by atoms with van der Waals surface area (Å²) in [6, 6.07) is 3.62. The Morgan fingerprint density at radius 2 is 2.56 bits per heavy atom. The first kappa shape index (κ1) is 5.75. The van der Waals surface area contributed by atoms with Crippen molar-refractivity contribution in [2.45, 2.75) is 0 Å². The van der Waals surface area contributed by atoms with Crippen molar-refractivity contribution in [2.24, 2.45) is 0 Å². The maximum atomic E-state index is 3.74. The topological polar surface area (TPSA) is 37.8 Å². The average Bonchev–Trinajstić information content (AvgIpc) is 1.91. The van der Waals surface area contributed by atoms with Gasteiger partial charge in [0.05, 0.1) is 0 Å². The molecule has 0 fully saturated rings. The maximum Gasteiger partial charge on any atom is 0.152 e. The monoisotopic (exact) mass is 121 g/mol. The minimum absolute atomic E-state index is 0.715. The van der Waals surface area contributed by atoms with Crippen LogP contribution in [0.3, 0.4) is 0 Å². The third kappa shape index (κ3) is 1.53. The molecule has 0 unspecified atom stereocenters. The molecule has 0 atom stereocenters. The molecule has 0 aliphatic heterocycles. The van der Waals surface area contributed by atoms with Crippen molar-refractivity contribution in [3.05, 3.63) is 31.1 Å². The molecule has 1 heterocycles. The summed E-state index contributed by atoms with van der Waals surface area (Å²) in [5.41, 5.74) is 0. The highest BCUT2D eigenvalue weighted by atomic mass is 15.2. The van der Waals surface area contributed by atoms with E-state index in [-0.39, 0.29) is 0 Å². The Hall–Kier alpha value is -1.38. The number of anilines is 1. The SMILES string of the molecule is C=CNc1cccnn1. The molecule has 1 rings (SSSR count). The molecule has 1 aromatic rings. The Morgan fingerprint density at radius 1 is 1.67 bits per heavy atom. The van der Waals surface area contributed by atoms with E-state index in [2.05, 4.69) is 22.1 Å². The summed E-state index contributed by atoms with van der Waals surface area (Å²) < 4.78 is 0. The number of nitrogens with one attached hydrogen (secondary N) is 1. The molecule has 0 radical (unpaired) electrons. The van der Waals surface area contributed by atoms with Crippen LogP contribution in [0.5, 0.6) is 0 Å². The lowest BCUT2D eigenvalue weighted by molar-refractivity contribution is 1.04. The van der Waals surface area contributed by atoms with Gasteiger partial charge in [0.25, 0.3) is 0 Å². The van der Waals surface area contributed by atoms with Crippen molar-refractivity contribution >= 4 is 5.82 Å². The van der Waals surface area contributed by atoms with Gasteiger partial charge in [0.2, 0.25) is 0 Å². The van der Waals surface area contributed by atoms with Crippen LogP contribution in [-0.2, 0) is 0 Å². The number of hydrogen-bond donors (Lipinski definition) is 1. The predicted molar refractivity (Wildman–Crippen MR) is 35.9 cm³/mol. The van der Waals surface area contributed by atoms with Gasteiger partial charge >= 0.3 is 0 Å². The molecule has 0 spiro atoms. The lowest BCUT2D eigenvalue weighted by Gasteiger charge is -1.92. The number of rotatable bonds is 2. The molecule has 0 saturated heterocycles. The Morgan fingerprint density at radius 3 is 3.11 bits per heavy atom. The van der Waals surface area contributed by atoms with Crippen LogP contribution in [0.15, 0.2) is 31.1 Å². The zero-order chi connectivity index (χ0) is 6.53. The number of aromatic nitrogens is 2. The molecule has 1 N–H and O–H groups in total. The van der Waals surface area contributed by atoms with Crippen molar-refractivity contribution in [3.8, 4) is 0 Å². The molecule has 0 aliphatic rings. The van der Waals surface area contributed by atoms with Crippen LogP contribution in [0.4, 0.5) is 5.82 Å². The Kier molecular flexibility index (Phi) is 1.80. The van der Waals surface area contributed by atoms with Crippen LogP contribution in [0, 0.1) is 0 Å². The zero-order valence-electron chi connectivity index (χ0n) is 4.91. The minimum atomic E-state index is 0.715. The van der Waals surface area contributed by atoms with Gasteiger partial charge in [-0.2, -0.15) is 5.10 Å². The smallest absolute Gasteiger partial charge is 0.152 e. The molecule has 46 valence electrons. The summed E-state index contributed by atoms with van der Waals surface area (Å²) in [4.78, 5) is 0. The third-order valence-electron chi connectivity index (χ3n) is 0.822.